The first-order chi connectivity index (χ1) is 6.98. The van der Waals surface area contributed by atoms with Crippen molar-refractivity contribution in [2.45, 2.75) is 6.92 Å². The molecule has 1 heterocycles. The van der Waals surface area contributed by atoms with Crippen molar-refractivity contribution in [3.05, 3.63) is 18.2 Å². The number of para-hydroxylation sites is 1. The Balaban J connectivity index is 2.46. The van der Waals surface area contributed by atoms with E-state index >= 15 is 0 Å². The van der Waals surface area contributed by atoms with Crippen molar-refractivity contribution in [1.82, 2.24) is 0 Å². The van der Waals surface area contributed by atoms with Crippen molar-refractivity contribution in [1.29, 1.82) is 0 Å². The molecule has 0 N–H and O–H groups in total. The van der Waals surface area contributed by atoms with Gasteiger partial charge in [0, 0.05) is 6.92 Å². The first-order valence-corrected chi connectivity index (χ1v) is 5.26. The van der Waals surface area contributed by atoms with Gasteiger partial charge >= 0.3 is 16.4 Å². The summed E-state index contributed by atoms with van der Waals surface area (Å²) in [6.07, 6.45) is 0. The van der Waals surface area contributed by atoms with Crippen LogP contribution in [0.1, 0.15) is 6.92 Å². The maximum atomic E-state index is 10.9. The summed E-state index contributed by atoms with van der Waals surface area (Å²) >= 11 is 0. The molecule has 0 atom stereocenters. The number of carbonyl (C=O) groups is 1. The summed E-state index contributed by atoms with van der Waals surface area (Å²) in [6.45, 7) is 1.20. The molecule has 0 spiro atoms. The lowest BCUT2D eigenvalue weighted by Gasteiger charge is -2.02. The van der Waals surface area contributed by atoms with E-state index in [4.69, 9.17) is 4.74 Å². The first kappa shape index (κ1) is 9.78. The lowest BCUT2D eigenvalue weighted by atomic mass is 10.3. The Morgan fingerprint density at radius 3 is 2.73 bits per heavy atom. The molecule has 1 aliphatic heterocycles. The monoisotopic (exact) mass is 230 g/mol. The predicted molar refractivity (Wildman–Crippen MR) is 47.9 cm³/mol. The second-order valence-electron chi connectivity index (χ2n) is 2.75. The number of ether oxygens (including phenoxy) is 1. The highest BCUT2D eigenvalue weighted by atomic mass is 32.3. The number of benzene rings is 1. The molecule has 0 saturated carbocycles. The molecule has 0 aliphatic carbocycles. The molecule has 0 saturated heterocycles. The van der Waals surface area contributed by atoms with Crippen LogP contribution in [-0.2, 0) is 15.2 Å². The second kappa shape index (κ2) is 3.13. The maximum Gasteiger partial charge on any atom is 0.501 e. The van der Waals surface area contributed by atoms with Gasteiger partial charge in [0.25, 0.3) is 0 Å². The molecule has 0 aromatic heterocycles. The molecule has 6 nitrogen and oxygen atoms in total. The molecular weight excluding hydrogens is 224 g/mol. The van der Waals surface area contributed by atoms with Gasteiger partial charge in [-0.25, -0.2) is 0 Å². The van der Waals surface area contributed by atoms with Crippen molar-refractivity contribution in [2.75, 3.05) is 0 Å². The summed E-state index contributed by atoms with van der Waals surface area (Å²) in [5, 5.41) is 0. The summed E-state index contributed by atoms with van der Waals surface area (Å²) in [5.74, 6) is -0.654. The van der Waals surface area contributed by atoms with Crippen LogP contribution in [0.4, 0.5) is 0 Å². The van der Waals surface area contributed by atoms with E-state index in [1.807, 2.05) is 0 Å². The highest BCUT2D eigenvalue weighted by molar-refractivity contribution is 7.82. The third-order valence-electron chi connectivity index (χ3n) is 1.57. The number of hydrogen-bond donors (Lipinski definition) is 0. The largest absolute Gasteiger partial charge is 0.501 e. The van der Waals surface area contributed by atoms with Gasteiger partial charge in [-0.3, -0.25) is 4.79 Å². The van der Waals surface area contributed by atoms with Crippen molar-refractivity contribution < 1.29 is 26.3 Å². The van der Waals surface area contributed by atoms with Crippen LogP contribution < -0.4 is 13.1 Å². The smallest absolute Gasteiger partial charge is 0.423 e. The molecule has 0 unspecified atom stereocenters. The van der Waals surface area contributed by atoms with Gasteiger partial charge in [-0.05, 0) is 12.1 Å². The standard InChI is InChI=1S/C8H6O6S/c1-5(9)12-6-3-2-4-7-8(6)14-15(10,11)13-7/h2-4H,1H3. The van der Waals surface area contributed by atoms with Gasteiger partial charge in [-0.2, -0.15) is 0 Å². The van der Waals surface area contributed by atoms with Gasteiger partial charge in [-0.1, -0.05) is 6.07 Å². The van der Waals surface area contributed by atoms with E-state index < -0.39 is 16.4 Å². The summed E-state index contributed by atoms with van der Waals surface area (Å²) < 4.78 is 35.6. The van der Waals surface area contributed by atoms with E-state index in [0.29, 0.717) is 0 Å². The van der Waals surface area contributed by atoms with Crippen LogP contribution in [0.25, 0.3) is 0 Å². The van der Waals surface area contributed by atoms with Gasteiger partial charge in [0.2, 0.25) is 5.75 Å². The van der Waals surface area contributed by atoms with Crippen LogP contribution in [0.5, 0.6) is 17.2 Å². The molecule has 0 radical (unpaired) electrons. The van der Waals surface area contributed by atoms with Crippen LogP contribution >= 0.6 is 0 Å². The second-order valence-corrected chi connectivity index (χ2v) is 3.90. The summed E-state index contributed by atoms with van der Waals surface area (Å²) in [6, 6.07) is 4.29. The maximum absolute atomic E-state index is 10.9. The summed E-state index contributed by atoms with van der Waals surface area (Å²) in [7, 11) is -4.06. The normalized spacial score (nSPS) is 16.1. The molecule has 2 rings (SSSR count). The fourth-order valence-corrected chi connectivity index (χ4v) is 1.86. The molecule has 1 aliphatic rings. The fourth-order valence-electron chi connectivity index (χ4n) is 1.11. The number of hydrogen-bond acceptors (Lipinski definition) is 6. The lowest BCUT2D eigenvalue weighted by Crippen LogP contribution is -2.08. The zero-order valence-electron chi connectivity index (χ0n) is 7.59. The highest BCUT2D eigenvalue weighted by Gasteiger charge is 2.31. The fraction of sp³-hybridized carbons (Fsp3) is 0.125. The minimum absolute atomic E-state index is 0.00810. The van der Waals surface area contributed by atoms with Gasteiger partial charge in [-0.15, -0.1) is 8.42 Å². The molecule has 7 heteroatoms. The number of fused-ring (bicyclic) bond motifs is 1. The average molecular weight is 230 g/mol. The SMILES string of the molecule is CC(=O)Oc1cccc2c1OS(=O)(=O)O2. The highest BCUT2D eigenvalue weighted by Crippen LogP contribution is 2.43. The van der Waals surface area contributed by atoms with Crippen LogP contribution in [0.15, 0.2) is 18.2 Å². The third kappa shape index (κ3) is 1.86. The van der Waals surface area contributed by atoms with E-state index in [9.17, 15) is 13.2 Å². The molecule has 0 amide bonds. The van der Waals surface area contributed by atoms with Gasteiger partial charge in [0.15, 0.2) is 11.5 Å². The van der Waals surface area contributed by atoms with Gasteiger partial charge in [0.05, 0.1) is 0 Å². The Labute approximate surface area is 85.7 Å². The van der Waals surface area contributed by atoms with E-state index in [-0.39, 0.29) is 17.2 Å². The summed E-state index contributed by atoms with van der Waals surface area (Å²) in [4.78, 5) is 10.7. The van der Waals surface area contributed by atoms with E-state index in [0.717, 1.165) is 0 Å². The third-order valence-corrected chi connectivity index (χ3v) is 2.33. The van der Waals surface area contributed by atoms with Crippen LogP contribution in [0.3, 0.4) is 0 Å². The quantitative estimate of drug-likeness (QED) is 0.520. The molecule has 0 bridgehead atoms. The molecule has 80 valence electrons. The van der Waals surface area contributed by atoms with Crippen LogP contribution in [-0.4, -0.2) is 14.4 Å². The number of carbonyl (C=O) groups excluding carboxylic acids is 1. The van der Waals surface area contributed by atoms with Crippen LogP contribution in [0.2, 0.25) is 0 Å². The first-order valence-electron chi connectivity index (χ1n) is 3.93. The molecule has 1 aromatic rings. The lowest BCUT2D eigenvalue weighted by molar-refractivity contribution is -0.131. The molecular formula is C8H6O6S. The van der Waals surface area contributed by atoms with Crippen molar-refractivity contribution in [3.8, 4) is 17.2 Å². The Morgan fingerprint density at radius 1 is 1.33 bits per heavy atom. The topological polar surface area (TPSA) is 78.9 Å². The van der Waals surface area contributed by atoms with Crippen molar-refractivity contribution in [2.24, 2.45) is 0 Å². The van der Waals surface area contributed by atoms with E-state index in [2.05, 4.69) is 8.37 Å². The Hall–Kier alpha value is -1.76. The number of esters is 1. The number of rotatable bonds is 1. The average Bonchev–Trinajstić information content (AvgIpc) is 2.39. The minimum atomic E-state index is -4.06. The minimum Gasteiger partial charge on any atom is -0.423 e. The van der Waals surface area contributed by atoms with E-state index in [1.54, 1.807) is 0 Å². The Kier molecular flexibility index (Phi) is 2.04. The molecule has 0 fully saturated rings. The van der Waals surface area contributed by atoms with E-state index in [1.165, 1.54) is 25.1 Å². The zero-order valence-corrected chi connectivity index (χ0v) is 8.41. The van der Waals surface area contributed by atoms with Crippen molar-refractivity contribution in [3.63, 3.8) is 0 Å². The van der Waals surface area contributed by atoms with Crippen LogP contribution in [0, 0.1) is 0 Å². The molecule has 15 heavy (non-hydrogen) atoms. The molecule has 1 aromatic carbocycles. The van der Waals surface area contributed by atoms with Gasteiger partial charge in [0.1, 0.15) is 0 Å². The predicted octanol–water partition coefficient (Wildman–Crippen LogP) is 0.628. The Bertz CT molecular complexity index is 518. The Morgan fingerprint density at radius 2 is 2.07 bits per heavy atom. The van der Waals surface area contributed by atoms with Gasteiger partial charge < -0.3 is 13.1 Å². The summed E-state index contributed by atoms with van der Waals surface area (Å²) in [5.41, 5.74) is 0. The zero-order chi connectivity index (χ0) is 11.1. The van der Waals surface area contributed by atoms with Crippen molar-refractivity contribution >= 4 is 16.4 Å².